The molecule has 0 spiro atoms. The van der Waals surface area contributed by atoms with E-state index in [2.05, 4.69) is 18.2 Å². The first kappa shape index (κ1) is 15.8. The van der Waals surface area contributed by atoms with Crippen LogP contribution in [0.25, 0.3) is 0 Å². The summed E-state index contributed by atoms with van der Waals surface area (Å²) in [6.45, 7) is 10.1. The van der Waals surface area contributed by atoms with Crippen LogP contribution in [-0.2, 0) is 4.74 Å². The van der Waals surface area contributed by atoms with Gasteiger partial charge in [0.05, 0.1) is 0 Å². The molecule has 108 valence electrons. The molecule has 1 N–H and O–H groups in total. The first-order chi connectivity index (χ1) is 8.87. The number of nitrogens with zero attached hydrogens (tertiary/aromatic N) is 1. The van der Waals surface area contributed by atoms with Gasteiger partial charge in [-0.25, -0.2) is 4.79 Å². The zero-order valence-electron chi connectivity index (χ0n) is 12.5. The van der Waals surface area contributed by atoms with Crippen LogP contribution >= 0.6 is 0 Å². The summed E-state index contributed by atoms with van der Waals surface area (Å²) >= 11 is 0. The zero-order chi connectivity index (χ0) is 14.5. The van der Waals surface area contributed by atoms with Crippen molar-refractivity contribution in [3.63, 3.8) is 0 Å². The van der Waals surface area contributed by atoms with E-state index in [-0.39, 0.29) is 6.09 Å². The first-order valence-corrected chi connectivity index (χ1v) is 7.02. The largest absolute Gasteiger partial charge is 0.444 e. The van der Waals surface area contributed by atoms with Gasteiger partial charge in [-0.05, 0) is 39.7 Å². The van der Waals surface area contributed by atoms with Crippen molar-refractivity contribution >= 4 is 6.09 Å². The van der Waals surface area contributed by atoms with Gasteiger partial charge in [0.1, 0.15) is 5.60 Å². The Morgan fingerprint density at radius 3 is 2.79 bits per heavy atom. The van der Waals surface area contributed by atoms with Crippen LogP contribution in [0.3, 0.4) is 0 Å². The molecule has 0 radical (unpaired) electrons. The SMILES string of the molecule is C#CCC(NCC)C1CCN(C(=O)OC(C)(C)C)C1. The lowest BCUT2D eigenvalue weighted by Gasteiger charge is -2.26. The molecule has 1 fully saturated rings. The smallest absolute Gasteiger partial charge is 0.410 e. The number of amides is 1. The van der Waals surface area contributed by atoms with Gasteiger partial charge in [-0.2, -0.15) is 0 Å². The Kier molecular flexibility index (Phi) is 5.68. The van der Waals surface area contributed by atoms with Crippen LogP contribution < -0.4 is 5.32 Å². The minimum atomic E-state index is -0.435. The molecular formula is C15H26N2O2. The van der Waals surface area contributed by atoms with Gasteiger partial charge in [-0.3, -0.25) is 0 Å². The lowest BCUT2D eigenvalue weighted by Crippen LogP contribution is -2.39. The monoisotopic (exact) mass is 266 g/mol. The molecule has 4 nitrogen and oxygen atoms in total. The summed E-state index contributed by atoms with van der Waals surface area (Å²) in [4.78, 5) is 13.8. The predicted molar refractivity (Wildman–Crippen MR) is 76.8 cm³/mol. The fraction of sp³-hybridized carbons (Fsp3) is 0.800. The van der Waals surface area contributed by atoms with E-state index >= 15 is 0 Å². The zero-order valence-corrected chi connectivity index (χ0v) is 12.5. The maximum atomic E-state index is 12.0. The molecular weight excluding hydrogens is 240 g/mol. The number of carbonyl (C=O) groups excluding carboxylic acids is 1. The fourth-order valence-electron chi connectivity index (χ4n) is 2.40. The van der Waals surface area contributed by atoms with E-state index in [0.717, 1.165) is 26.1 Å². The predicted octanol–water partition coefficient (Wildman–Crippen LogP) is 2.24. The van der Waals surface area contributed by atoms with Crippen LogP contribution in [0.15, 0.2) is 0 Å². The molecule has 0 aliphatic carbocycles. The van der Waals surface area contributed by atoms with E-state index in [4.69, 9.17) is 11.2 Å². The van der Waals surface area contributed by atoms with E-state index < -0.39 is 5.60 Å². The number of terminal acetylenes is 1. The standard InChI is InChI=1S/C15H26N2O2/c1-6-8-13(16-7-2)12-9-10-17(11-12)14(18)19-15(3,4)5/h1,12-13,16H,7-11H2,2-5H3. The van der Waals surface area contributed by atoms with Gasteiger partial charge in [0.2, 0.25) is 0 Å². The van der Waals surface area contributed by atoms with Crippen molar-refractivity contribution in [2.75, 3.05) is 19.6 Å². The van der Waals surface area contributed by atoms with Gasteiger partial charge in [0.25, 0.3) is 0 Å². The molecule has 1 rings (SSSR count). The summed E-state index contributed by atoms with van der Waals surface area (Å²) < 4.78 is 5.40. The van der Waals surface area contributed by atoms with Crippen molar-refractivity contribution in [2.24, 2.45) is 5.92 Å². The number of hydrogen-bond donors (Lipinski definition) is 1. The third-order valence-corrected chi connectivity index (χ3v) is 3.25. The second-order valence-electron chi connectivity index (χ2n) is 6.05. The van der Waals surface area contributed by atoms with Crippen LogP contribution in [0.1, 0.15) is 40.5 Å². The van der Waals surface area contributed by atoms with E-state index in [1.807, 2.05) is 20.8 Å². The third kappa shape index (κ3) is 5.12. The maximum absolute atomic E-state index is 12.0. The molecule has 1 heterocycles. The second kappa shape index (κ2) is 6.81. The molecule has 19 heavy (non-hydrogen) atoms. The summed E-state index contributed by atoms with van der Waals surface area (Å²) in [5.41, 5.74) is -0.435. The number of ether oxygens (including phenoxy) is 1. The molecule has 0 saturated carbocycles. The van der Waals surface area contributed by atoms with Crippen LogP contribution in [0.2, 0.25) is 0 Å². The number of likely N-dealkylation sites (tertiary alicyclic amines) is 1. The van der Waals surface area contributed by atoms with E-state index in [1.165, 1.54) is 0 Å². The van der Waals surface area contributed by atoms with Gasteiger partial charge in [-0.1, -0.05) is 6.92 Å². The van der Waals surface area contributed by atoms with Gasteiger partial charge >= 0.3 is 6.09 Å². The van der Waals surface area contributed by atoms with Gasteiger partial charge in [-0.15, -0.1) is 12.3 Å². The highest BCUT2D eigenvalue weighted by Crippen LogP contribution is 2.23. The van der Waals surface area contributed by atoms with Crippen molar-refractivity contribution < 1.29 is 9.53 Å². The Bertz CT molecular complexity index is 341. The van der Waals surface area contributed by atoms with Crippen LogP contribution in [-0.4, -0.2) is 42.3 Å². The molecule has 0 aromatic heterocycles. The molecule has 0 aromatic rings. The second-order valence-corrected chi connectivity index (χ2v) is 6.05. The fourth-order valence-corrected chi connectivity index (χ4v) is 2.40. The van der Waals surface area contributed by atoms with Gasteiger partial charge in [0.15, 0.2) is 0 Å². The number of hydrogen-bond acceptors (Lipinski definition) is 3. The molecule has 1 aliphatic heterocycles. The molecule has 2 unspecified atom stereocenters. The molecule has 2 atom stereocenters. The van der Waals surface area contributed by atoms with Crippen LogP contribution in [0.5, 0.6) is 0 Å². The maximum Gasteiger partial charge on any atom is 0.410 e. The normalized spacial score (nSPS) is 21.0. The molecule has 0 aromatic carbocycles. The lowest BCUT2D eigenvalue weighted by molar-refractivity contribution is 0.0285. The van der Waals surface area contributed by atoms with Crippen molar-refractivity contribution in [2.45, 2.75) is 52.2 Å². The molecule has 1 amide bonds. The number of rotatable bonds is 4. The molecule has 1 aliphatic rings. The van der Waals surface area contributed by atoms with Gasteiger partial charge < -0.3 is 15.0 Å². The van der Waals surface area contributed by atoms with Crippen molar-refractivity contribution in [1.82, 2.24) is 10.2 Å². The lowest BCUT2D eigenvalue weighted by atomic mass is 9.96. The van der Waals surface area contributed by atoms with Crippen molar-refractivity contribution in [3.05, 3.63) is 0 Å². The van der Waals surface area contributed by atoms with E-state index in [1.54, 1.807) is 4.90 Å². The Morgan fingerprint density at radius 1 is 1.58 bits per heavy atom. The topological polar surface area (TPSA) is 41.6 Å². The van der Waals surface area contributed by atoms with Gasteiger partial charge in [0, 0.05) is 25.6 Å². The minimum absolute atomic E-state index is 0.217. The summed E-state index contributed by atoms with van der Waals surface area (Å²) in [6, 6.07) is 0.294. The summed E-state index contributed by atoms with van der Waals surface area (Å²) in [5.74, 6) is 3.13. The number of carbonyl (C=O) groups is 1. The Balaban J connectivity index is 2.52. The van der Waals surface area contributed by atoms with E-state index in [0.29, 0.717) is 18.4 Å². The highest BCUT2D eigenvalue weighted by Gasteiger charge is 2.33. The highest BCUT2D eigenvalue weighted by atomic mass is 16.6. The molecule has 0 bridgehead atoms. The molecule has 1 saturated heterocycles. The Hall–Kier alpha value is -1.21. The quantitative estimate of drug-likeness (QED) is 0.794. The minimum Gasteiger partial charge on any atom is -0.444 e. The number of nitrogens with one attached hydrogen (secondary N) is 1. The molecule has 4 heteroatoms. The van der Waals surface area contributed by atoms with Crippen molar-refractivity contribution in [3.8, 4) is 12.3 Å². The Labute approximate surface area is 116 Å². The van der Waals surface area contributed by atoms with Crippen molar-refractivity contribution in [1.29, 1.82) is 0 Å². The average molecular weight is 266 g/mol. The Morgan fingerprint density at radius 2 is 2.26 bits per heavy atom. The summed E-state index contributed by atoms with van der Waals surface area (Å²) in [6.07, 6.45) is 6.89. The average Bonchev–Trinajstić information content (AvgIpc) is 2.75. The van der Waals surface area contributed by atoms with Crippen LogP contribution in [0.4, 0.5) is 4.79 Å². The highest BCUT2D eigenvalue weighted by molar-refractivity contribution is 5.68. The summed E-state index contributed by atoms with van der Waals surface area (Å²) in [5, 5.41) is 3.41. The first-order valence-electron chi connectivity index (χ1n) is 7.02. The summed E-state index contributed by atoms with van der Waals surface area (Å²) in [7, 11) is 0. The van der Waals surface area contributed by atoms with Crippen LogP contribution in [0, 0.1) is 18.3 Å². The van der Waals surface area contributed by atoms with E-state index in [9.17, 15) is 4.79 Å². The third-order valence-electron chi connectivity index (χ3n) is 3.25.